The van der Waals surface area contributed by atoms with Gasteiger partial charge in [-0.2, -0.15) is 0 Å². The van der Waals surface area contributed by atoms with E-state index in [1.807, 2.05) is 44.4 Å². The Morgan fingerprint density at radius 1 is 1.38 bits per heavy atom. The molecule has 1 fully saturated rings. The van der Waals surface area contributed by atoms with Crippen LogP contribution in [0.5, 0.6) is 0 Å². The van der Waals surface area contributed by atoms with Crippen molar-refractivity contribution in [1.82, 2.24) is 4.90 Å². The molecule has 0 spiro atoms. The third-order valence-electron chi connectivity index (χ3n) is 3.70. The second kappa shape index (κ2) is 8.15. The summed E-state index contributed by atoms with van der Waals surface area (Å²) in [6.45, 7) is 1.65. The van der Waals surface area contributed by atoms with Crippen LogP contribution in [0.25, 0.3) is 0 Å². The molecule has 0 amide bonds. The molecule has 1 heterocycles. The molecule has 2 atom stereocenters. The lowest BCUT2D eigenvalue weighted by Gasteiger charge is -2.21. The van der Waals surface area contributed by atoms with E-state index in [0.29, 0.717) is 6.42 Å². The Bertz CT molecular complexity index is 427. The molecule has 1 aromatic rings. The molecule has 1 aliphatic heterocycles. The second-order valence-electron chi connectivity index (χ2n) is 5.82. The van der Waals surface area contributed by atoms with Gasteiger partial charge in [0, 0.05) is 19.6 Å². The zero-order valence-corrected chi connectivity index (χ0v) is 13.0. The highest BCUT2D eigenvalue weighted by Crippen LogP contribution is 2.23. The van der Waals surface area contributed by atoms with E-state index in [4.69, 9.17) is 9.47 Å². The van der Waals surface area contributed by atoms with Crippen molar-refractivity contribution in [3.63, 3.8) is 0 Å². The molecule has 1 saturated heterocycles. The summed E-state index contributed by atoms with van der Waals surface area (Å²) in [5.41, 5.74) is 1.06. The number of carbonyl (C=O) groups is 1. The van der Waals surface area contributed by atoms with Crippen LogP contribution in [0.15, 0.2) is 30.3 Å². The molecule has 4 nitrogen and oxygen atoms in total. The molecule has 0 saturated carbocycles. The number of esters is 1. The first-order valence-corrected chi connectivity index (χ1v) is 7.66. The van der Waals surface area contributed by atoms with Crippen LogP contribution in [0, 0.1) is 0 Å². The van der Waals surface area contributed by atoms with Crippen LogP contribution in [-0.4, -0.2) is 44.2 Å². The molecule has 0 radical (unpaired) electrons. The van der Waals surface area contributed by atoms with Crippen molar-refractivity contribution in [1.29, 1.82) is 0 Å². The molecule has 116 valence electrons. The molecular formula is C17H25NO3. The van der Waals surface area contributed by atoms with Gasteiger partial charge in [-0.05, 0) is 32.5 Å². The van der Waals surface area contributed by atoms with Crippen molar-refractivity contribution in [2.24, 2.45) is 0 Å². The van der Waals surface area contributed by atoms with Crippen LogP contribution in [0.3, 0.4) is 0 Å². The Hall–Kier alpha value is -1.39. The van der Waals surface area contributed by atoms with Crippen LogP contribution in [0.2, 0.25) is 0 Å². The van der Waals surface area contributed by atoms with Gasteiger partial charge in [-0.15, -0.1) is 0 Å². The van der Waals surface area contributed by atoms with Gasteiger partial charge in [0.15, 0.2) is 0 Å². The molecule has 0 unspecified atom stereocenters. The first kappa shape index (κ1) is 16.0. The Morgan fingerprint density at radius 3 is 2.76 bits per heavy atom. The zero-order valence-electron chi connectivity index (χ0n) is 13.0. The average molecular weight is 291 g/mol. The number of ether oxygens (including phenoxy) is 2. The lowest BCUT2D eigenvalue weighted by atomic mass is 10.1. The lowest BCUT2D eigenvalue weighted by molar-refractivity contribution is -0.152. The van der Waals surface area contributed by atoms with Crippen LogP contribution in [0.1, 0.15) is 37.4 Å². The van der Waals surface area contributed by atoms with Gasteiger partial charge < -0.3 is 14.4 Å². The third kappa shape index (κ3) is 5.48. The molecule has 2 rings (SSSR count). The van der Waals surface area contributed by atoms with E-state index >= 15 is 0 Å². The number of carbonyl (C=O) groups excluding carboxylic acids is 1. The van der Waals surface area contributed by atoms with Crippen molar-refractivity contribution < 1.29 is 14.3 Å². The Balaban J connectivity index is 1.92. The monoisotopic (exact) mass is 291 g/mol. The molecular weight excluding hydrogens is 266 g/mol. The smallest absolute Gasteiger partial charge is 0.309 e. The topological polar surface area (TPSA) is 38.8 Å². The summed E-state index contributed by atoms with van der Waals surface area (Å²) in [6, 6.07) is 9.96. The number of hydrogen-bond acceptors (Lipinski definition) is 4. The summed E-state index contributed by atoms with van der Waals surface area (Å²) in [6.07, 6.45) is 3.04. The summed E-state index contributed by atoms with van der Waals surface area (Å²) in [7, 11) is 4.05. The van der Waals surface area contributed by atoms with Crippen LogP contribution < -0.4 is 0 Å². The normalized spacial score (nSPS) is 19.7. The average Bonchev–Trinajstić information content (AvgIpc) is 2.97. The van der Waals surface area contributed by atoms with Gasteiger partial charge in [0.1, 0.15) is 6.10 Å². The predicted molar refractivity (Wildman–Crippen MR) is 82.0 cm³/mol. The summed E-state index contributed by atoms with van der Waals surface area (Å²) in [5, 5.41) is 0. The van der Waals surface area contributed by atoms with Gasteiger partial charge in [0.05, 0.1) is 12.5 Å². The number of rotatable bonds is 7. The lowest BCUT2D eigenvalue weighted by Crippen LogP contribution is -2.21. The molecule has 21 heavy (non-hydrogen) atoms. The van der Waals surface area contributed by atoms with Gasteiger partial charge >= 0.3 is 5.97 Å². The summed E-state index contributed by atoms with van der Waals surface area (Å²) in [4.78, 5) is 14.2. The summed E-state index contributed by atoms with van der Waals surface area (Å²) >= 11 is 0. The van der Waals surface area contributed by atoms with E-state index in [1.165, 1.54) is 0 Å². The maximum absolute atomic E-state index is 12.1. The number of hydrogen-bond donors (Lipinski definition) is 0. The fourth-order valence-electron chi connectivity index (χ4n) is 2.53. The molecule has 0 N–H and O–H groups in total. The highest BCUT2D eigenvalue weighted by Gasteiger charge is 2.23. The number of benzene rings is 1. The van der Waals surface area contributed by atoms with Crippen LogP contribution in [-0.2, 0) is 14.3 Å². The summed E-state index contributed by atoms with van der Waals surface area (Å²) < 4.78 is 11.2. The molecule has 0 aromatic heterocycles. The van der Waals surface area contributed by atoms with Crippen molar-refractivity contribution in [3.05, 3.63) is 35.9 Å². The van der Waals surface area contributed by atoms with Crippen molar-refractivity contribution in [2.45, 2.75) is 37.9 Å². The van der Waals surface area contributed by atoms with E-state index in [-0.39, 0.29) is 18.2 Å². The van der Waals surface area contributed by atoms with Crippen molar-refractivity contribution >= 4 is 5.97 Å². The van der Waals surface area contributed by atoms with Gasteiger partial charge in [-0.25, -0.2) is 0 Å². The fraction of sp³-hybridized carbons (Fsp3) is 0.588. The minimum Gasteiger partial charge on any atom is -0.457 e. The first-order valence-electron chi connectivity index (χ1n) is 7.66. The highest BCUT2D eigenvalue weighted by molar-refractivity contribution is 5.70. The Labute approximate surface area is 127 Å². The first-order chi connectivity index (χ1) is 10.1. The van der Waals surface area contributed by atoms with Gasteiger partial charge in [-0.3, -0.25) is 4.79 Å². The zero-order chi connectivity index (χ0) is 15.1. The van der Waals surface area contributed by atoms with Crippen LogP contribution in [0.4, 0.5) is 0 Å². The number of nitrogens with zero attached hydrogens (tertiary/aromatic N) is 1. The summed E-state index contributed by atoms with van der Waals surface area (Å²) in [5.74, 6) is -0.158. The maximum Gasteiger partial charge on any atom is 0.309 e. The quantitative estimate of drug-likeness (QED) is 0.724. The standard InChI is InChI=1S/C17H25NO3/c1-18(2)11-10-16(14-7-4-3-5-8-14)21-17(19)13-15-9-6-12-20-15/h3-5,7-8,15-16H,6,9-13H2,1-2H3/t15-,16+/m1/s1. The molecule has 4 heteroatoms. The van der Waals surface area contributed by atoms with Crippen LogP contribution >= 0.6 is 0 Å². The third-order valence-corrected chi connectivity index (χ3v) is 3.70. The highest BCUT2D eigenvalue weighted by atomic mass is 16.5. The van der Waals surface area contributed by atoms with E-state index in [2.05, 4.69) is 4.90 Å². The maximum atomic E-state index is 12.1. The minimum absolute atomic E-state index is 0.0442. The van der Waals surface area contributed by atoms with Gasteiger partial charge in [-0.1, -0.05) is 30.3 Å². The predicted octanol–water partition coefficient (Wildman–Crippen LogP) is 2.79. The Morgan fingerprint density at radius 2 is 2.14 bits per heavy atom. The molecule has 0 bridgehead atoms. The van der Waals surface area contributed by atoms with E-state index in [9.17, 15) is 4.79 Å². The second-order valence-corrected chi connectivity index (χ2v) is 5.82. The van der Waals surface area contributed by atoms with Gasteiger partial charge in [0.2, 0.25) is 0 Å². The minimum atomic E-state index is -0.178. The van der Waals surface area contributed by atoms with E-state index in [1.54, 1.807) is 0 Å². The molecule has 1 aliphatic rings. The van der Waals surface area contributed by atoms with Gasteiger partial charge in [0.25, 0.3) is 0 Å². The Kier molecular flexibility index (Phi) is 6.21. The van der Waals surface area contributed by atoms with E-state index in [0.717, 1.165) is 38.0 Å². The molecule has 0 aliphatic carbocycles. The van der Waals surface area contributed by atoms with Crippen molar-refractivity contribution in [2.75, 3.05) is 27.2 Å². The largest absolute Gasteiger partial charge is 0.457 e. The fourth-order valence-corrected chi connectivity index (χ4v) is 2.53. The SMILES string of the molecule is CN(C)CC[C@H](OC(=O)C[C@H]1CCCO1)c1ccccc1. The van der Waals surface area contributed by atoms with Crippen molar-refractivity contribution in [3.8, 4) is 0 Å². The molecule has 1 aromatic carbocycles. The van der Waals surface area contributed by atoms with E-state index < -0.39 is 0 Å².